The Hall–Kier alpha value is -1.36. The first-order valence-electron chi connectivity index (χ1n) is 9.83. The number of allylic oxidation sites excluding steroid dienone is 1. The first kappa shape index (κ1) is 20.0. The Kier molecular flexibility index (Phi) is 7.48. The van der Waals surface area contributed by atoms with Crippen molar-refractivity contribution < 1.29 is 9.59 Å². The molecule has 5 heteroatoms. The van der Waals surface area contributed by atoms with E-state index in [0.717, 1.165) is 32.4 Å². The van der Waals surface area contributed by atoms with Gasteiger partial charge in [0.05, 0.1) is 0 Å². The molecule has 2 amide bonds. The number of likely N-dealkylation sites (tertiary alicyclic amines) is 2. The summed E-state index contributed by atoms with van der Waals surface area (Å²) in [5, 5.41) is 3.08. The molecule has 2 fully saturated rings. The molecular formula is C20H35N3O2. The van der Waals surface area contributed by atoms with Crippen LogP contribution in [0.15, 0.2) is 12.2 Å². The fraction of sp³-hybridized carbons (Fsp3) is 0.800. The van der Waals surface area contributed by atoms with E-state index in [1.165, 1.54) is 25.9 Å². The molecule has 0 radical (unpaired) electrons. The third-order valence-electron chi connectivity index (χ3n) is 5.05. The Balaban J connectivity index is 1.62. The third-order valence-corrected chi connectivity index (χ3v) is 5.05. The van der Waals surface area contributed by atoms with Gasteiger partial charge in [-0.25, -0.2) is 0 Å². The fourth-order valence-corrected chi connectivity index (χ4v) is 3.45. The van der Waals surface area contributed by atoms with Crippen molar-refractivity contribution in [1.29, 1.82) is 0 Å². The number of rotatable bonds is 6. The van der Waals surface area contributed by atoms with Crippen molar-refractivity contribution in [3.63, 3.8) is 0 Å². The maximum absolute atomic E-state index is 12.3. The van der Waals surface area contributed by atoms with Crippen LogP contribution in [0.4, 0.5) is 0 Å². The van der Waals surface area contributed by atoms with Crippen molar-refractivity contribution in [3.05, 3.63) is 12.2 Å². The van der Waals surface area contributed by atoms with Crippen LogP contribution >= 0.6 is 0 Å². The van der Waals surface area contributed by atoms with Gasteiger partial charge in [-0.1, -0.05) is 26.8 Å². The summed E-state index contributed by atoms with van der Waals surface area (Å²) >= 11 is 0. The van der Waals surface area contributed by atoms with Gasteiger partial charge in [-0.2, -0.15) is 0 Å². The predicted molar refractivity (Wildman–Crippen MR) is 101 cm³/mol. The van der Waals surface area contributed by atoms with Crippen LogP contribution in [0.2, 0.25) is 0 Å². The van der Waals surface area contributed by atoms with Gasteiger partial charge >= 0.3 is 0 Å². The van der Waals surface area contributed by atoms with Gasteiger partial charge in [-0.05, 0) is 63.2 Å². The molecule has 142 valence electrons. The summed E-state index contributed by atoms with van der Waals surface area (Å²) < 4.78 is 0. The summed E-state index contributed by atoms with van der Waals surface area (Å²) in [6.07, 6.45) is 8.83. The molecule has 0 spiro atoms. The number of nitrogens with zero attached hydrogens (tertiary/aromatic N) is 2. The van der Waals surface area contributed by atoms with Crippen molar-refractivity contribution >= 4 is 11.8 Å². The molecule has 2 heterocycles. The Morgan fingerprint density at radius 1 is 1.08 bits per heavy atom. The zero-order valence-corrected chi connectivity index (χ0v) is 16.2. The molecule has 5 nitrogen and oxygen atoms in total. The maximum atomic E-state index is 12.3. The topological polar surface area (TPSA) is 52.7 Å². The lowest BCUT2D eigenvalue weighted by Crippen LogP contribution is -2.43. The average Bonchev–Trinajstić information content (AvgIpc) is 3.09. The van der Waals surface area contributed by atoms with Gasteiger partial charge in [0.1, 0.15) is 0 Å². The Morgan fingerprint density at radius 2 is 1.72 bits per heavy atom. The molecule has 0 bridgehead atoms. The van der Waals surface area contributed by atoms with Crippen molar-refractivity contribution in [2.75, 3.05) is 39.3 Å². The number of carbonyl (C=O) groups excluding carboxylic acids is 2. The minimum Gasteiger partial charge on any atom is -0.356 e. The van der Waals surface area contributed by atoms with Gasteiger partial charge in [-0.3, -0.25) is 9.59 Å². The van der Waals surface area contributed by atoms with Gasteiger partial charge < -0.3 is 15.1 Å². The second-order valence-corrected chi connectivity index (χ2v) is 8.49. The number of hydrogen-bond acceptors (Lipinski definition) is 3. The maximum Gasteiger partial charge on any atom is 0.246 e. The number of amides is 2. The van der Waals surface area contributed by atoms with Crippen molar-refractivity contribution in [2.24, 2.45) is 11.3 Å². The lowest BCUT2D eigenvalue weighted by atomic mass is 9.94. The summed E-state index contributed by atoms with van der Waals surface area (Å²) in [6, 6.07) is 0. The zero-order valence-electron chi connectivity index (χ0n) is 16.2. The van der Waals surface area contributed by atoms with Crippen LogP contribution in [-0.4, -0.2) is 60.9 Å². The highest BCUT2D eigenvalue weighted by atomic mass is 16.2. The molecule has 0 aromatic rings. The first-order chi connectivity index (χ1) is 11.8. The smallest absolute Gasteiger partial charge is 0.246 e. The Morgan fingerprint density at radius 3 is 2.32 bits per heavy atom. The quantitative estimate of drug-likeness (QED) is 0.592. The van der Waals surface area contributed by atoms with Crippen molar-refractivity contribution in [2.45, 2.75) is 52.9 Å². The molecule has 1 N–H and O–H groups in total. The van der Waals surface area contributed by atoms with Crippen LogP contribution in [0, 0.1) is 11.3 Å². The lowest BCUT2D eigenvalue weighted by molar-refractivity contribution is -0.132. The summed E-state index contributed by atoms with van der Waals surface area (Å²) in [5.74, 6) is 0.292. The van der Waals surface area contributed by atoms with Crippen LogP contribution in [0.1, 0.15) is 52.9 Å². The van der Waals surface area contributed by atoms with E-state index < -0.39 is 0 Å². The number of piperidine rings is 1. The highest BCUT2D eigenvalue weighted by Crippen LogP contribution is 2.19. The van der Waals surface area contributed by atoms with E-state index in [1.807, 2.05) is 11.0 Å². The monoisotopic (exact) mass is 349 g/mol. The summed E-state index contributed by atoms with van der Waals surface area (Å²) in [7, 11) is 0. The van der Waals surface area contributed by atoms with E-state index >= 15 is 0 Å². The molecule has 2 aliphatic rings. The first-order valence-corrected chi connectivity index (χ1v) is 9.83. The van der Waals surface area contributed by atoms with E-state index in [-0.39, 0.29) is 23.1 Å². The van der Waals surface area contributed by atoms with E-state index in [9.17, 15) is 9.59 Å². The largest absolute Gasteiger partial charge is 0.356 e. The van der Waals surface area contributed by atoms with E-state index in [2.05, 4.69) is 31.0 Å². The molecule has 0 aromatic heterocycles. The molecule has 0 saturated carbocycles. The molecule has 0 aliphatic carbocycles. The van der Waals surface area contributed by atoms with E-state index in [0.29, 0.717) is 13.1 Å². The van der Waals surface area contributed by atoms with Gasteiger partial charge in [0.15, 0.2) is 0 Å². The van der Waals surface area contributed by atoms with Crippen LogP contribution in [0.5, 0.6) is 0 Å². The third kappa shape index (κ3) is 7.18. The highest BCUT2D eigenvalue weighted by molar-refractivity contribution is 5.88. The number of hydrogen-bond donors (Lipinski definition) is 1. The van der Waals surface area contributed by atoms with Crippen molar-refractivity contribution in [3.8, 4) is 0 Å². The second-order valence-electron chi connectivity index (χ2n) is 8.49. The van der Waals surface area contributed by atoms with E-state index in [1.54, 1.807) is 6.08 Å². The number of nitrogens with one attached hydrogen (secondary N) is 1. The summed E-state index contributed by atoms with van der Waals surface area (Å²) in [5.41, 5.74) is 0.0168. The highest BCUT2D eigenvalue weighted by Gasteiger charge is 2.26. The lowest BCUT2D eigenvalue weighted by Gasteiger charge is -2.31. The minimum atomic E-state index is 0.0168. The molecule has 2 saturated heterocycles. The predicted octanol–water partition coefficient (Wildman–Crippen LogP) is 2.43. The second kappa shape index (κ2) is 9.37. The van der Waals surface area contributed by atoms with Crippen LogP contribution in [0.25, 0.3) is 0 Å². The molecule has 0 atom stereocenters. The average molecular weight is 350 g/mol. The van der Waals surface area contributed by atoms with Crippen LogP contribution < -0.4 is 5.32 Å². The van der Waals surface area contributed by atoms with Gasteiger partial charge in [0.2, 0.25) is 11.8 Å². The Labute approximate surface area is 152 Å². The molecule has 2 aliphatic heterocycles. The van der Waals surface area contributed by atoms with Gasteiger partial charge in [0, 0.05) is 25.6 Å². The minimum absolute atomic E-state index is 0.0168. The standard InChI is InChI=1S/C20H35N3O2/c1-20(2,3)10-7-18(24)23-15-8-17(9-16-23)19(25)21-11-6-14-22-12-4-5-13-22/h7,10,17H,4-6,8-9,11-16H2,1-3H3,(H,21,25)/b10-7-. The van der Waals surface area contributed by atoms with Crippen LogP contribution in [-0.2, 0) is 9.59 Å². The van der Waals surface area contributed by atoms with Gasteiger partial charge in [-0.15, -0.1) is 0 Å². The molecule has 0 unspecified atom stereocenters. The van der Waals surface area contributed by atoms with Crippen molar-refractivity contribution in [1.82, 2.24) is 15.1 Å². The summed E-state index contributed by atoms with van der Waals surface area (Å²) in [4.78, 5) is 28.8. The zero-order chi connectivity index (χ0) is 18.3. The normalized spacial score (nSPS) is 20.4. The van der Waals surface area contributed by atoms with Crippen LogP contribution in [0.3, 0.4) is 0 Å². The molecular weight excluding hydrogens is 314 g/mol. The molecule has 2 rings (SSSR count). The van der Waals surface area contributed by atoms with Gasteiger partial charge in [0.25, 0.3) is 0 Å². The fourth-order valence-electron chi connectivity index (χ4n) is 3.45. The van der Waals surface area contributed by atoms with E-state index in [4.69, 9.17) is 0 Å². The number of carbonyl (C=O) groups is 2. The summed E-state index contributed by atoms with van der Waals surface area (Å²) in [6.45, 7) is 11.9. The molecule has 0 aromatic carbocycles. The SMILES string of the molecule is CC(C)(C)/C=C\C(=O)N1CCC(C(=O)NCCCN2CCCC2)CC1. The molecule has 25 heavy (non-hydrogen) atoms. The Bertz CT molecular complexity index is 468.